The maximum atomic E-state index is 13.9. The Balaban J connectivity index is 1.56. The van der Waals surface area contributed by atoms with Gasteiger partial charge in [-0.15, -0.1) is 0 Å². The van der Waals surface area contributed by atoms with Gasteiger partial charge in [0.25, 0.3) is 5.56 Å². The van der Waals surface area contributed by atoms with Gasteiger partial charge in [-0.25, -0.2) is 9.79 Å². The van der Waals surface area contributed by atoms with Gasteiger partial charge in [-0.1, -0.05) is 77.9 Å². The van der Waals surface area contributed by atoms with Crippen LogP contribution in [0.2, 0.25) is 10.0 Å². The molecule has 0 saturated carbocycles. The Labute approximate surface area is 272 Å². The van der Waals surface area contributed by atoms with Crippen LogP contribution < -0.4 is 19.6 Å². The van der Waals surface area contributed by atoms with E-state index in [1.165, 1.54) is 18.4 Å². The summed E-state index contributed by atoms with van der Waals surface area (Å²) in [5, 5.41) is 1.10. The van der Waals surface area contributed by atoms with Crippen molar-refractivity contribution in [1.29, 1.82) is 0 Å². The first-order valence-corrected chi connectivity index (χ1v) is 15.9. The van der Waals surface area contributed by atoms with Crippen molar-refractivity contribution in [2.75, 3.05) is 7.11 Å². The summed E-state index contributed by atoms with van der Waals surface area (Å²) in [6.45, 7) is 2.20. The zero-order valence-corrected chi connectivity index (χ0v) is 27.9. The summed E-state index contributed by atoms with van der Waals surface area (Å²) in [5.74, 6) is 0.164. The van der Waals surface area contributed by atoms with Gasteiger partial charge in [0.1, 0.15) is 12.4 Å². The van der Waals surface area contributed by atoms with E-state index in [0.717, 1.165) is 24.7 Å². The number of hydrogen-bond donors (Lipinski definition) is 0. The zero-order chi connectivity index (χ0) is 29.3. The van der Waals surface area contributed by atoms with Gasteiger partial charge in [-0.3, -0.25) is 9.36 Å². The summed E-state index contributed by atoms with van der Waals surface area (Å²) < 4.78 is 14.9. The Kier molecular flexibility index (Phi) is 9.40. The van der Waals surface area contributed by atoms with Crippen molar-refractivity contribution < 1.29 is 14.3 Å². The third-order valence-electron chi connectivity index (χ3n) is 6.47. The van der Waals surface area contributed by atoms with E-state index in [0.29, 0.717) is 42.8 Å². The third kappa shape index (κ3) is 6.19. The molecule has 5 rings (SSSR count). The molecule has 1 aliphatic rings. The number of ether oxygens (including phenoxy) is 2. The molecule has 1 aliphatic heterocycles. The Morgan fingerprint density at radius 3 is 2.59 bits per heavy atom. The molecule has 41 heavy (non-hydrogen) atoms. The van der Waals surface area contributed by atoms with Crippen molar-refractivity contribution in [2.24, 2.45) is 4.99 Å². The van der Waals surface area contributed by atoms with Crippen LogP contribution in [0.3, 0.4) is 0 Å². The monoisotopic (exact) mass is 782 g/mol. The van der Waals surface area contributed by atoms with Gasteiger partial charge in [0.15, 0.2) is 4.80 Å². The quantitative estimate of drug-likeness (QED) is 0.149. The summed E-state index contributed by atoms with van der Waals surface area (Å²) in [4.78, 5) is 32.0. The number of allylic oxidation sites excluding steroid dienone is 1. The molecular formula is C30H22BrCl2IN2O4S. The molecule has 6 nitrogen and oxygen atoms in total. The van der Waals surface area contributed by atoms with E-state index in [4.69, 9.17) is 37.7 Å². The van der Waals surface area contributed by atoms with Crippen molar-refractivity contribution >= 4 is 85.1 Å². The lowest BCUT2D eigenvalue weighted by atomic mass is 9.95. The van der Waals surface area contributed by atoms with Crippen molar-refractivity contribution in [2.45, 2.75) is 26.0 Å². The predicted molar refractivity (Wildman–Crippen MR) is 174 cm³/mol. The number of nitrogens with zero attached hydrogens (tertiary/aromatic N) is 2. The molecule has 0 aliphatic carbocycles. The Morgan fingerprint density at radius 2 is 1.93 bits per heavy atom. The Bertz CT molecular complexity index is 1850. The number of esters is 1. The molecule has 1 atom stereocenters. The minimum Gasteiger partial charge on any atom is -0.487 e. The van der Waals surface area contributed by atoms with Crippen LogP contribution in [0, 0.1) is 3.57 Å². The van der Waals surface area contributed by atoms with Crippen LogP contribution in [0.1, 0.15) is 36.1 Å². The second kappa shape index (κ2) is 12.8. The number of halogens is 4. The van der Waals surface area contributed by atoms with Gasteiger partial charge in [-0.05, 0) is 86.4 Å². The van der Waals surface area contributed by atoms with Gasteiger partial charge < -0.3 is 9.47 Å². The normalized spacial score (nSPS) is 15.0. The molecule has 1 aromatic heterocycles. The van der Waals surface area contributed by atoms with Crippen molar-refractivity contribution in [1.82, 2.24) is 4.57 Å². The van der Waals surface area contributed by atoms with Crippen LogP contribution in [-0.2, 0) is 16.1 Å². The summed E-state index contributed by atoms with van der Waals surface area (Å²) in [7, 11) is 1.34. The maximum Gasteiger partial charge on any atom is 0.338 e. The molecule has 0 amide bonds. The summed E-state index contributed by atoms with van der Waals surface area (Å²) >= 11 is 19.4. The fourth-order valence-corrected chi connectivity index (χ4v) is 7.81. The van der Waals surface area contributed by atoms with Crippen LogP contribution in [0.5, 0.6) is 5.75 Å². The van der Waals surface area contributed by atoms with E-state index in [-0.39, 0.29) is 12.2 Å². The smallest absolute Gasteiger partial charge is 0.338 e. The van der Waals surface area contributed by atoms with Crippen molar-refractivity contribution in [3.05, 3.63) is 126 Å². The molecular weight excluding hydrogens is 762 g/mol. The molecule has 0 unspecified atom stereocenters. The maximum absolute atomic E-state index is 13.9. The van der Waals surface area contributed by atoms with Crippen LogP contribution in [0.15, 0.2) is 86.2 Å². The first-order valence-electron chi connectivity index (χ1n) is 12.5. The van der Waals surface area contributed by atoms with E-state index >= 15 is 0 Å². The molecule has 3 aromatic carbocycles. The molecule has 0 bridgehead atoms. The molecule has 4 aromatic rings. The molecule has 0 N–H and O–H groups in total. The lowest BCUT2D eigenvalue weighted by molar-refractivity contribution is -0.136. The van der Waals surface area contributed by atoms with Crippen LogP contribution in [0.25, 0.3) is 6.08 Å². The third-order valence-corrected chi connectivity index (χ3v) is 9.43. The number of carbonyl (C=O) groups excluding carboxylic acids is 1. The number of benzene rings is 3. The van der Waals surface area contributed by atoms with E-state index in [2.05, 4.69) is 38.5 Å². The molecule has 11 heteroatoms. The van der Waals surface area contributed by atoms with E-state index in [1.54, 1.807) is 16.7 Å². The van der Waals surface area contributed by atoms with Crippen LogP contribution in [0.4, 0.5) is 0 Å². The Hall–Kier alpha value is -2.44. The molecule has 0 fully saturated rings. The number of fused-ring (bicyclic) bond motifs is 1. The highest BCUT2D eigenvalue weighted by Crippen LogP contribution is 2.34. The van der Waals surface area contributed by atoms with E-state index < -0.39 is 12.0 Å². The highest BCUT2D eigenvalue weighted by Gasteiger charge is 2.33. The summed E-state index contributed by atoms with van der Waals surface area (Å²) in [6, 6.07) is 17.9. The zero-order valence-electron chi connectivity index (χ0n) is 21.8. The largest absolute Gasteiger partial charge is 0.487 e. The van der Waals surface area contributed by atoms with Crippen LogP contribution in [-0.4, -0.2) is 17.6 Å². The average molecular weight is 784 g/mol. The van der Waals surface area contributed by atoms with E-state index in [9.17, 15) is 9.59 Å². The van der Waals surface area contributed by atoms with Gasteiger partial charge >= 0.3 is 5.97 Å². The minimum absolute atomic E-state index is 0.233. The minimum atomic E-state index is -0.639. The highest BCUT2D eigenvalue weighted by atomic mass is 127. The van der Waals surface area contributed by atoms with E-state index in [1.807, 2.05) is 61.5 Å². The molecule has 210 valence electrons. The number of rotatable bonds is 7. The lowest BCUT2D eigenvalue weighted by Crippen LogP contribution is -2.40. The number of methoxy groups -OCH3 is 1. The first kappa shape index (κ1) is 30.0. The second-order valence-corrected chi connectivity index (χ2v) is 12.9. The second-order valence-electron chi connectivity index (χ2n) is 9.04. The lowest BCUT2D eigenvalue weighted by Gasteiger charge is -2.25. The standard InChI is InChI=1S/C30H22BrCl2IN2O4S/c1-3-23-25(29(38)39-2)26(17-7-5-4-6-8-17)36-28(37)24(41-30(36)35-23)13-16-11-20(31)27(22(34)12-16)40-15-18-9-10-19(32)14-21(18)33/h4-14,26H,3,15H2,1-2H3/b24-13-/t26-/m0/s1. The topological polar surface area (TPSA) is 69.9 Å². The van der Waals surface area contributed by atoms with Gasteiger partial charge in [0.2, 0.25) is 0 Å². The first-order chi connectivity index (χ1) is 19.7. The number of aromatic nitrogens is 1. The molecule has 0 saturated heterocycles. The summed E-state index contributed by atoms with van der Waals surface area (Å²) in [5.41, 5.74) is 3.18. The average Bonchev–Trinajstić information content (AvgIpc) is 3.26. The van der Waals surface area contributed by atoms with Crippen molar-refractivity contribution in [3.63, 3.8) is 0 Å². The predicted octanol–water partition coefficient (Wildman–Crippen LogP) is 7.05. The molecule has 2 heterocycles. The van der Waals surface area contributed by atoms with Crippen molar-refractivity contribution in [3.8, 4) is 5.75 Å². The van der Waals surface area contributed by atoms with Gasteiger partial charge in [0, 0.05) is 15.6 Å². The summed E-state index contributed by atoms with van der Waals surface area (Å²) in [6.07, 6.45) is 2.35. The number of hydrogen-bond acceptors (Lipinski definition) is 6. The Morgan fingerprint density at radius 1 is 1.17 bits per heavy atom. The number of thiazole rings is 1. The fourth-order valence-electron chi connectivity index (χ4n) is 4.56. The van der Waals surface area contributed by atoms with Gasteiger partial charge in [-0.2, -0.15) is 0 Å². The van der Waals surface area contributed by atoms with Crippen LogP contribution >= 0.6 is 73.1 Å². The number of carbonyl (C=O) groups is 1. The highest BCUT2D eigenvalue weighted by molar-refractivity contribution is 14.1. The fraction of sp³-hybridized carbons (Fsp3) is 0.167. The van der Waals surface area contributed by atoms with Gasteiger partial charge in [0.05, 0.1) is 37.0 Å². The molecule has 0 spiro atoms. The molecule has 0 radical (unpaired) electrons. The SMILES string of the molecule is CCC1=C(C(=O)OC)[C@H](c2ccccc2)n2c(s/c(=C\c3cc(Br)c(OCc4ccc(Cl)cc4Cl)c(I)c3)c2=O)=N1.